The van der Waals surface area contributed by atoms with E-state index in [1.165, 1.54) is 31.2 Å². The molecule has 5 nitrogen and oxygen atoms in total. The van der Waals surface area contributed by atoms with Crippen LogP contribution in [-0.2, 0) is 4.79 Å². The van der Waals surface area contributed by atoms with Gasteiger partial charge in [0.1, 0.15) is 12.4 Å². The minimum Gasteiger partial charge on any atom is -0.492 e. The second-order valence-corrected chi connectivity index (χ2v) is 7.27. The van der Waals surface area contributed by atoms with Crippen LogP contribution in [0.2, 0.25) is 0 Å². The molecule has 138 valence electrons. The highest BCUT2D eigenvalue weighted by atomic mass is 16.5. The second kappa shape index (κ2) is 9.20. The predicted octanol–water partition coefficient (Wildman–Crippen LogP) is 2.05. The van der Waals surface area contributed by atoms with Gasteiger partial charge in [0.15, 0.2) is 0 Å². The highest BCUT2D eigenvalue weighted by Gasteiger charge is 2.26. The average Bonchev–Trinajstić information content (AvgIpc) is 3.14. The maximum Gasteiger partial charge on any atom is 0.234 e. The Kier molecular flexibility index (Phi) is 6.70. The highest BCUT2D eigenvalue weighted by Crippen LogP contribution is 2.24. The van der Waals surface area contributed by atoms with Crippen LogP contribution in [0.3, 0.4) is 0 Å². The van der Waals surface area contributed by atoms with Gasteiger partial charge >= 0.3 is 0 Å². The van der Waals surface area contributed by atoms with Crippen molar-refractivity contribution in [2.24, 2.45) is 0 Å². The number of nitrogens with zero attached hydrogens (tertiary/aromatic N) is 2. The van der Waals surface area contributed by atoms with Gasteiger partial charge in [0, 0.05) is 32.2 Å². The summed E-state index contributed by atoms with van der Waals surface area (Å²) in [6.07, 6.45) is 5.50. The summed E-state index contributed by atoms with van der Waals surface area (Å²) in [4.78, 5) is 17.0. The van der Waals surface area contributed by atoms with Crippen LogP contribution < -0.4 is 10.1 Å². The van der Waals surface area contributed by atoms with Crippen LogP contribution >= 0.6 is 0 Å². The molecule has 3 rings (SSSR count). The molecule has 1 aromatic rings. The highest BCUT2D eigenvalue weighted by molar-refractivity contribution is 5.78. The van der Waals surface area contributed by atoms with Crippen LogP contribution in [0.5, 0.6) is 5.75 Å². The van der Waals surface area contributed by atoms with Crippen molar-refractivity contribution in [3.63, 3.8) is 0 Å². The summed E-state index contributed by atoms with van der Waals surface area (Å²) in [5, 5.41) is 2.96. The van der Waals surface area contributed by atoms with E-state index in [9.17, 15) is 4.79 Å². The van der Waals surface area contributed by atoms with Crippen LogP contribution in [0, 0.1) is 6.92 Å². The molecule has 1 aliphatic heterocycles. The van der Waals surface area contributed by atoms with E-state index in [4.69, 9.17) is 4.74 Å². The molecule has 2 aliphatic rings. The molecule has 0 unspecified atom stereocenters. The molecule has 0 bridgehead atoms. The molecule has 1 saturated carbocycles. The van der Waals surface area contributed by atoms with Gasteiger partial charge in [0.25, 0.3) is 0 Å². The molecule has 25 heavy (non-hydrogen) atoms. The summed E-state index contributed by atoms with van der Waals surface area (Å²) < 4.78 is 5.66. The Bertz CT molecular complexity index is 550. The average molecular weight is 345 g/mol. The molecular weight excluding hydrogens is 314 g/mol. The van der Waals surface area contributed by atoms with Crippen molar-refractivity contribution in [3.05, 3.63) is 29.8 Å². The fourth-order valence-corrected chi connectivity index (χ4v) is 3.88. The number of carbonyl (C=O) groups is 1. The number of amides is 1. The summed E-state index contributed by atoms with van der Waals surface area (Å²) >= 11 is 0. The number of piperazine rings is 1. The molecule has 5 heteroatoms. The quantitative estimate of drug-likeness (QED) is 0.768. The fraction of sp³-hybridized carbons (Fsp3) is 0.650. The van der Waals surface area contributed by atoms with Gasteiger partial charge in [0.05, 0.1) is 13.1 Å². The fourth-order valence-electron chi connectivity index (χ4n) is 3.88. The van der Waals surface area contributed by atoms with E-state index in [1.54, 1.807) is 0 Å². The molecule has 1 aromatic carbocycles. The van der Waals surface area contributed by atoms with Crippen molar-refractivity contribution in [2.45, 2.75) is 38.6 Å². The van der Waals surface area contributed by atoms with E-state index in [-0.39, 0.29) is 5.91 Å². The first-order chi connectivity index (χ1) is 12.2. The van der Waals surface area contributed by atoms with E-state index in [1.807, 2.05) is 31.2 Å². The van der Waals surface area contributed by atoms with Gasteiger partial charge in [-0.3, -0.25) is 14.6 Å². The van der Waals surface area contributed by atoms with E-state index in [2.05, 4.69) is 15.1 Å². The Hall–Kier alpha value is -1.59. The third-order valence-corrected chi connectivity index (χ3v) is 5.30. The molecule has 0 aromatic heterocycles. The Labute approximate surface area is 151 Å². The number of aryl methyl sites for hydroxylation is 1. The Morgan fingerprint density at radius 3 is 2.68 bits per heavy atom. The predicted molar refractivity (Wildman–Crippen MR) is 100.0 cm³/mol. The first-order valence-electron chi connectivity index (χ1n) is 9.63. The van der Waals surface area contributed by atoms with Gasteiger partial charge < -0.3 is 10.1 Å². The third kappa shape index (κ3) is 5.72. The largest absolute Gasteiger partial charge is 0.492 e. The number of rotatable bonds is 7. The van der Waals surface area contributed by atoms with E-state index >= 15 is 0 Å². The lowest BCUT2D eigenvalue weighted by molar-refractivity contribution is -0.122. The maximum absolute atomic E-state index is 12.1. The Morgan fingerprint density at radius 1 is 1.20 bits per heavy atom. The normalized spacial score (nSPS) is 19.9. The molecule has 1 aliphatic carbocycles. The summed E-state index contributed by atoms with van der Waals surface area (Å²) in [6, 6.07) is 8.77. The monoisotopic (exact) mass is 345 g/mol. The number of hydrogen-bond donors (Lipinski definition) is 1. The lowest BCUT2D eigenvalue weighted by Gasteiger charge is -2.37. The molecule has 1 saturated heterocycles. The molecule has 0 atom stereocenters. The first-order valence-corrected chi connectivity index (χ1v) is 9.63. The minimum atomic E-state index is 0.0992. The zero-order chi connectivity index (χ0) is 17.5. The summed E-state index contributed by atoms with van der Waals surface area (Å²) in [6.45, 7) is 7.82. The van der Waals surface area contributed by atoms with Crippen molar-refractivity contribution in [2.75, 3.05) is 45.9 Å². The lowest BCUT2D eigenvalue weighted by atomic mass is 10.2. The van der Waals surface area contributed by atoms with E-state index in [0.29, 0.717) is 19.7 Å². The molecular formula is C20H31N3O2. The van der Waals surface area contributed by atoms with Gasteiger partial charge in [-0.25, -0.2) is 0 Å². The summed E-state index contributed by atoms with van der Waals surface area (Å²) in [5.41, 5.74) is 1.18. The summed E-state index contributed by atoms with van der Waals surface area (Å²) in [5.74, 6) is 0.958. The van der Waals surface area contributed by atoms with Crippen molar-refractivity contribution in [1.29, 1.82) is 0 Å². The van der Waals surface area contributed by atoms with Crippen molar-refractivity contribution in [1.82, 2.24) is 15.1 Å². The van der Waals surface area contributed by atoms with Crippen LogP contribution in [0.25, 0.3) is 0 Å². The zero-order valence-electron chi connectivity index (χ0n) is 15.4. The van der Waals surface area contributed by atoms with Gasteiger partial charge in [-0.05, 0) is 37.5 Å². The zero-order valence-corrected chi connectivity index (χ0v) is 15.4. The van der Waals surface area contributed by atoms with Gasteiger partial charge in [0.2, 0.25) is 5.91 Å². The topological polar surface area (TPSA) is 44.8 Å². The second-order valence-electron chi connectivity index (χ2n) is 7.27. The van der Waals surface area contributed by atoms with Gasteiger partial charge in [-0.1, -0.05) is 25.0 Å². The molecule has 0 spiro atoms. The standard InChI is InChI=1S/C20H31N3O2/c1-17-5-4-8-19(15-17)25-14-9-21-20(24)16-22-10-12-23(13-11-22)18-6-2-3-7-18/h4-5,8,15,18H,2-3,6-7,9-14,16H2,1H3,(H,21,24). The Morgan fingerprint density at radius 2 is 1.96 bits per heavy atom. The van der Waals surface area contributed by atoms with Crippen LogP contribution in [0.1, 0.15) is 31.2 Å². The number of hydrogen-bond acceptors (Lipinski definition) is 4. The molecule has 1 heterocycles. The number of carbonyl (C=O) groups excluding carboxylic acids is 1. The van der Waals surface area contributed by atoms with Crippen LogP contribution in [0.4, 0.5) is 0 Å². The SMILES string of the molecule is Cc1cccc(OCCNC(=O)CN2CCN(C3CCCC3)CC2)c1. The van der Waals surface area contributed by atoms with Crippen molar-refractivity contribution >= 4 is 5.91 Å². The number of nitrogens with one attached hydrogen (secondary N) is 1. The van der Waals surface area contributed by atoms with E-state index < -0.39 is 0 Å². The number of ether oxygens (including phenoxy) is 1. The van der Waals surface area contributed by atoms with Crippen molar-refractivity contribution in [3.8, 4) is 5.75 Å². The van der Waals surface area contributed by atoms with E-state index in [0.717, 1.165) is 38.0 Å². The maximum atomic E-state index is 12.1. The molecule has 1 amide bonds. The smallest absolute Gasteiger partial charge is 0.234 e. The van der Waals surface area contributed by atoms with Crippen LogP contribution in [0.15, 0.2) is 24.3 Å². The third-order valence-electron chi connectivity index (χ3n) is 5.30. The van der Waals surface area contributed by atoms with Crippen molar-refractivity contribution < 1.29 is 9.53 Å². The van der Waals surface area contributed by atoms with Gasteiger partial charge in [-0.2, -0.15) is 0 Å². The molecule has 2 fully saturated rings. The van der Waals surface area contributed by atoms with Gasteiger partial charge in [-0.15, -0.1) is 0 Å². The van der Waals surface area contributed by atoms with Crippen LogP contribution in [-0.4, -0.2) is 67.6 Å². The molecule has 0 radical (unpaired) electrons. The minimum absolute atomic E-state index is 0.0992. The Balaban J connectivity index is 1.28. The summed E-state index contributed by atoms with van der Waals surface area (Å²) in [7, 11) is 0. The number of benzene rings is 1. The lowest BCUT2D eigenvalue weighted by Crippen LogP contribution is -2.52. The molecule has 1 N–H and O–H groups in total. The first kappa shape index (κ1) is 18.2.